The molecule has 0 spiro atoms. The van der Waals surface area contributed by atoms with Crippen molar-refractivity contribution < 1.29 is 24.0 Å². The zero-order valence-electron chi connectivity index (χ0n) is 17.2. The molecule has 0 aliphatic carbocycles. The van der Waals surface area contributed by atoms with E-state index in [4.69, 9.17) is 4.74 Å². The zero-order chi connectivity index (χ0) is 23.5. The predicted molar refractivity (Wildman–Crippen MR) is 118 cm³/mol. The van der Waals surface area contributed by atoms with Gasteiger partial charge in [0.2, 0.25) is 5.88 Å². The molecule has 0 atom stereocenters. The lowest BCUT2D eigenvalue weighted by molar-refractivity contribution is -0.385. The Bertz CT molecular complexity index is 1300. The number of amides is 4. The minimum absolute atomic E-state index is 0.155. The SMILES string of the molecule is Cc1cccc(N2C(=O)NC(=O)/C(=C\c3ccc(Oc4ccc([N+](=O)[O-])cn4)cc3)C2=O)c1. The Morgan fingerprint density at radius 3 is 2.45 bits per heavy atom. The smallest absolute Gasteiger partial charge is 0.335 e. The molecule has 164 valence electrons. The summed E-state index contributed by atoms with van der Waals surface area (Å²) in [5, 5.41) is 12.9. The van der Waals surface area contributed by atoms with Crippen LogP contribution in [0.15, 0.2) is 72.4 Å². The number of urea groups is 1. The van der Waals surface area contributed by atoms with E-state index in [0.29, 0.717) is 17.0 Å². The summed E-state index contributed by atoms with van der Waals surface area (Å²) in [6.45, 7) is 1.83. The quantitative estimate of drug-likeness (QED) is 0.274. The van der Waals surface area contributed by atoms with E-state index in [1.165, 1.54) is 18.2 Å². The molecule has 1 aliphatic rings. The third-order valence-electron chi connectivity index (χ3n) is 4.71. The number of aromatic nitrogens is 1. The number of benzene rings is 2. The van der Waals surface area contributed by atoms with E-state index in [0.717, 1.165) is 16.7 Å². The summed E-state index contributed by atoms with van der Waals surface area (Å²) in [7, 11) is 0. The summed E-state index contributed by atoms with van der Waals surface area (Å²) in [5.41, 5.74) is 1.39. The molecule has 0 radical (unpaired) electrons. The first-order valence-corrected chi connectivity index (χ1v) is 9.68. The molecule has 10 nitrogen and oxygen atoms in total. The minimum Gasteiger partial charge on any atom is -0.439 e. The summed E-state index contributed by atoms with van der Waals surface area (Å²) < 4.78 is 5.55. The average molecular weight is 444 g/mol. The van der Waals surface area contributed by atoms with Crippen LogP contribution in [-0.2, 0) is 9.59 Å². The molecule has 33 heavy (non-hydrogen) atoms. The van der Waals surface area contributed by atoms with Gasteiger partial charge in [-0.25, -0.2) is 14.7 Å². The fourth-order valence-corrected chi connectivity index (χ4v) is 3.12. The highest BCUT2D eigenvalue weighted by atomic mass is 16.6. The molecule has 0 saturated carbocycles. The molecule has 10 heteroatoms. The fraction of sp³-hybridized carbons (Fsp3) is 0.0435. The number of nitrogens with one attached hydrogen (secondary N) is 1. The maximum atomic E-state index is 12.9. The summed E-state index contributed by atoms with van der Waals surface area (Å²) in [6, 6.07) is 15.0. The van der Waals surface area contributed by atoms with Gasteiger partial charge in [-0.2, -0.15) is 0 Å². The van der Waals surface area contributed by atoms with Gasteiger partial charge >= 0.3 is 6.03 Å². The molecule has 4 amide bonds. The molecule has 2 heterocycles. The van der Waals surface area contributed by atoms with E-state index in [1.807, 2.05) is 13.0 Å². The second-order valence-corrected chi connectivity index (χ2v) is 7.08. The Labute approximate surface area is 187 Å². The van der Waals surface area contributed by atoms with Gasteiger partial charge in [0, 0.05) is 12.1 Å². The molecule has 0 unspecified atom stereocenters. The number of nitrogens with zero attached hydrogens (tertiary/aromatic N) is 3. The summed E-state index contributed by atoms with van der Waals surface area (Å²) >= 11 is 0. The molecule has 1 fully saturated rings. The van der Waals surface area contributed by atoms with E-state index in [-0.39, 0.29) is 17.1 Å². The monoisotopic (exact) mass is 444 g/mol. The first-order chi connectivity index (χ1) is 15.8. The summed E-state index contributed by atoms with van der Waals surface area (Å²) in [6.07, 6.45) is 2.46. The Morgan fingerprint density at radius 1 is 1.06 bits per heavy atom. The van der Waals surface area contributed by atoms with Gasteiger partial charge in [-0.1, -0.05) is 24.3 Å². The number of hydrogen-bond donors (Lipinski definition) is 1. The maximum absolute atomic E-state index is 12.9. The maximum Gasteiger partial charge on any atom is 0.335 e. The van der Waals surface area contributed by atoms with Crippen LogP contribution in [0.4, 0.5) is 16.2 Å². The Hall–Kier alpha value is -4.86. The lowest BCUT2D eigenvalue weighted by Crippen LogP contribution is -2.54. The Kier molecular flexibility index (Phi) is 5.64. The van der Waals surface area contributed by atoms with Crippen LogP contribution in [0.1, 0.15) is 11.1 Å². The number of carbonyl (C=O) groups is 3. The number of ether oxygens (including phenoxy) is 1. The average Bonchev–Trinajstić information content (AvgIpc) is 2.78. The van der Waals surface area contributed by atoms with Crippen molar-refractivity contribution in [2.45, 2.75) is 6.92 Å². The third kappa shape index (κ3) is 4.59. The van der Waals surface area contributed by atoms with Crippen LogP contribution in [0.5, 0.6) is 11.6 Å². The van der Waals surface area contributed by atoms with Gasteiger partial charge in [-0.15, -0.1) is 0 Å². The number of rotatable bonds is 5. The van der Waals surface area contributed by atoms with Crippen molar-refractivity contribution in [3.05, 3.63) is 93.7 Å². The molecule has 1 N–H and O–H groups in total. The normalized spacial score (nSPS) is 14.9. The number of barbiturate groups is 1. The Morgan fingerprint density at radius 2 is 1.82 bits per heavy atom. The predicted octanol–water partition coefficient (Wildman–Crippen LogP) is 3.76. The molecule has 3 aromatic rings. The van der Waals surface area contributed by atoms with Gasteiger partial charge < -0.3 is 4.74 Å². The highest BCUT2D eigenvalue weighted by Crippen LogP contribution is 2.25. The van der Waals surface area contributed by atoms with Crippen molar-refractivity contribution in [3.8, 4) is 11.6 Å². The second kappa shape index (κ2) is 8.71. The standard InChI is InChI=1S/C23H16N4O6/c1-14-3-2-4-16(11-14)26-22(29)19(21(28)25-23(26)30)12-15-5-8-18(9-6-15)33-20-10-7-17(13-24-20)27(31)32/h2-13H,1H3,(H,25,28,30)/b19-12+. The van der Waals surface area contributed by atoms with Crippen molar-refractivity contribution in [1.82, 2.24) is 10.3 Å². The number of nitro groups is 1. The van der Waals surface area contributed by atoms with Crippen LogP contribution in [0.2, 0.25) is 0 Å². The fourth-order valence-electron chi connectivity index (χ4n) is 3.12. The lowest BCUT2D eigenvalue weighted by Gasteiger charge is -2.26. The van der Waals surface area contributed by atoms with Crippen molar-refractivity contribution in [1.29, 1.82) is 0 Å². The van der Waals surface area contributed by atoms with Crippen LogP contribution in [0.3, 0.4) is 0 Å². The minimum atomic E-state index is -0.813. The number of hydrogen-bond acceptors (Lipinski definition) is 7. The molecule has 1 aromatic heterocycles. The largest absolute Gasteiger partial charge is 0.439 e. The van der Waals surface area contributed by atoms with E-state index >= 15 is 0 Å². The van der Waals surface area contributed by atoms with E-state index in [1.54, 1.807) is 42.5 Å². The van der Waals surface area contributed by atoms with Crippen LogP contribution < -0.4 is 15.0 Å². The van der Waals surface area contributed by atoms with E-state index < -0.39 is 22.8 Å². The van der Waals surface area contributed by atoms with Gasteiger partial charge in [0.05, 0.1) is 10.6 Å². The number of imide groups is 2. The number of carbonyl (C=O) groups excluding carboxylic acids is 3. The van der Waals surface area contributed by atoms with Crippen molar-refractivity contribution in [2.75, 3.05) is 4.90 Å². The van der Waals surface area contributed by atoms with Crippen LogP contribution >= 0.6 is 0 Å². The molecule has 4 rings (SSSR count). The highest BCUT2D eigenvalue weighted by Gasteiger charge is 2.36. The molecular weight excluding hydrogens is 428 g/mol. The zero-order valence-corrected chi connectivity index (χ0v) is 17.2. The van der Waals surface area contributed by atoms with Crippen molar-refractivity contribution >= 4 is 35.3 Å². The Balaban J connectivity index is 1.54. The molecule has 0 bridgehead atoms. The molecule has 1 saturated heterocycles. The van der Waals surface area contributed by atoms with E-state index in [9.17, 15) is 24.5 Å². The van der Waals surface area contributed by atoms with Gasteiger partial charge in [0.15, 0.2) is 0 Å². The van der Waals surface area contributed by atoms with Crippen LogP contribution in [-0.4, -0.2) is 27.8 Å². The van der Waals surface area contributed by atoms with Gasteiger partial charge in [-0.3, -0.25) is 25.0 Å². The number of pyridine rings is 1. The topological polar surface area (TPSA) is 132 Å². The summed E-state index contributed by atoms with van der Waals surface area (Å²) in [4.78, 5) is 52.5. The van der Waals surface area contributed by atoms with E-state index in [2.05, 4.69) is 10.3 Å². The van der Waals surface area contributed by atoms with Crippen molar-refractivity contribution in [2.24, 2.45) is 0 Å². The van der Waals surface area contributed by atoms with Gasteiger partial charge in [-0.05, 0) is 48.4 Å². The number of aryl methyl sites for hydroxylation is 1. The molecular formula is C23H16N4O6. The second-order valence-electron chi connectivity index (χ2n) is 7.08. The third-order valence-corrected chi connectivity index (χ3v) is 4.71. The lowest BCUT2D eigenvalue weighted by atomic mass is 10.1. The highest BCUT2D eigenvalue weighted by molar-refractivity contribution is 6.39. The molecule has 1 aliphatic heterocycles. The number of anilines is 1. The molecule has 2 aromatic carbocycles. The van der Waals surface area contributed by atoms with Crippen LogP contribution in [0, 0.1) is 17.0 Å². The van der Waals surface area contributed by atoms with Gasteiger partial charge in [0.1, 0.15) is 17.5 Å². The first-order valence-electron chi connectivity index (χ1n) is 9.68. The first kappa shape index (κ1) is 21.4. The van der Waals surface area contributed by atoms with Gasteiger partial charge in [0.25, 0.3) is 17.5 Å². The van der Waals surface area contributed by atoms with Crippen molar-refractivity contribution in [3.63, 3.8) is 0 Å². The summed E-state index contributed by atoms with van der Waals surface area (Å²) in [5.74, 6) is -0.954. The van der Waals surface area contributed by atoms with Crippen LogP contribution in [0.25, 0.3) is 6.08 Å².